The van der Waals surface area contributed by atoms with Gasteiger partial charge in [-0.15, -0.1) is 0 Å². The van der Waals surface area contributed by atoms with E-state index in [0.717, 1.165) is 4.68 Å². The molecule has 0 fully saturated rings. The Labute approximate surface area is 184 Å². The minimum Gasteiger partial charge on any atom is -0.545 e. The van der Waals surface area contributed by atoms with Crippen LogP contribution in [-0.4, -0.2) is 20.7 Å². The zero-order valence-electron chi connectivity index (χ0n) is 16.2. The molecule has 0 bridgehead atoms. The number of furan rings is 1. The number of benzene rings is 2. The number of carboxylic acid groups (broad SMARTS) is 1. The van der Waals surface area contributed by atoms with E-state index in [0.29, 0.717) is 5.56 Å². The van der Waals surface area contributed by atoms with Gasteiger partial charge in [0.05, 0.1) is 32.7 Å². The van der Waals surface area contributed by atoms with E-state index >= 15 is 0 Å². The molecule has 10 heteroatoms. The average Bonchev–Trinajstić information content (AvgIpc) is 3.34. The Balaban J connectivity index is 1.79. The molecule has 2 heterocycles. The Morgan fingerprint density at radius 1 is 1.19 bits per heavy atom. The summed E-state index contributed by atoms with van der Waals surface area (Å²) in [6, 6.07) is 13.3. The van der Waals surface area contributed by atoms with Crippen LogP contribution in [0.15, 0.2) is 63.8 Å². The van der Waals surface area contributed by atoms with Gasteiger partial charge in [0.1, 0.15) is 11.5 Å². The number of carbonyl (C=O) groups excluding carboxylic acids is 1. The van der Waals surface area contributed by atoms with Gasteiger partial charge in [-0.3, -0.25) is 20.0 Å². The molecule has 9 nitrogen and oxygen atoms in total. The van der Waals surface area contributed by atoms with Gasteiger partial charge < -0.3 is 14.3 Å². The summed E-state index contributed by atoms with van der Waals surface area (Å²) in [4.78, 5) is 34.9. The molecule has 1 N–H and O–H groups in total. The molecule has 2 aromatic heterocycles. The number of nitrogens with one attached hydrogen (secondary N) is 1. The van der Waals surface area contributed by atoms with Crippen molar-refractivity contribution in [3.8, 4) is 17.0 Å². The van der Waals surface area contributed by atoms with Crippen LogP contribution < -0.4 is 21.2 Å². The van der Waals surface area contributed by atoms with Gasteiger partial charge in [0.25, 0.3) is 11.2 Å². The van der Waals surface area contributed by atoms with Crippen molar-refractivity contribution in [2.45, 2.75) is 0 Å². The molecule has 32 heavy (non-hydrogen) atoms. The molecule has 160 valence electrons. The van der Waals surface area contributed by atoms with Crippen LogP contribution in [0.25, 0.3) is 29.7 Å². The number of para-hydroxylation sites is 1. The molecule has 0 aliphatic carbocycles. The molecule has 0 saturated heterocycles. The quantitative estimate of drug-likeness (QED) is 0.362. The van der Waals surface area contributed by atoms with Crippen LogP contribution in [0.3, 0.4) is 0 Å². The first-order valence-corrected chi connectivity index (χ1v) is 9.50. The van der Waals surface area contributed by atoms with Gasteiger partial charge >= 0.3 is 0 Å². The summed E-state index contributed by atoms with van der Waals surface area (Å²) in [5.41, 5.74) is -0.355. The number of hydrogen-bond acceptors (Lipinski definition) is 6. The summed E-state index contributed by atoms with van der Waals surface area (Å²) in [5, 5.41) is 25.7. The molecule has 2 aromatic carbocycles. The Morgan fingerprint density at radius 3 is 2.66 bits per heavy atom. The van der Waals surface area contributed by atoms with Crippen molar-refractivity contribution in [3.63, 3.8) is 0 Å². The van der Waals surface area contributed by atoms with Crippen LogP contribution in [0.2, 0.25) is 5.02 Å². The SMILES string of the molecule is C=c1[nH]n(-c2ccc(Cl)c(C(=O)[O-])c2)c(=O)c1=Cc1ccc(-c2ccccc2[N+](=O)[O-])o1. The van der Waals surface area contributed by atoms with Crippen LogP contribution in [0.5, 0.6) is 0 Å². The number of nitro groups is 1. The highest BCUT2D eigenvalue weighted by Gasteiger charge is 2.17. The van der Waals surface area contributed by atoms with Crippen molar-refractivity contribution in [1.82, 2.24) is 9.78 Å². The fourth-order valence-corrected chi connectivity index (χ4v) is 3.39. The number of nitro benzene ring substituents is 1. The molecule has 0 amide bonds. The first-order chi connectivity index (χ1) is 15.3. The number of nitrogens with zero attached hydrogens (tertiary/aromatic N) is 2. The van der Waals surface area contributed by atoms with Crippen LogP contribution >= 0.6 is 11.6 Å². The zero-order chi connectivity index (χ0) is 23.0. The third-order valence-electron chi connectivity index (χ3n) is 4.71. The number of halogens is 1. The highest BCUT2D eigenvalue weighted by Crippen LogP contribution is 2.30. The van der Waals surface area contributed by atoms with Crippen molar-refractivity contribution in [1.29, 1.82) is 0 Å². The maximum absolute atomic E-state index is 12.9. The minimum absolute atomic E-state index is 0.0203. The number of aromatic carboxylic acids is 1. The number of aromatic nitrogens is 2. The van der Waals surface area contributed by atoms with E-state index in [1.165, 1.54) is 30.3 Å². The Morgan fingerprint density at radius 2 is 1.94 bits per heavy atom. The van der Waals surface area contributed by atoms with Gasteiger partial charge in [0.2, 0.25) is 0 Å². The van der Waals surface area contributed by atoms with Crippen molar-refractivity contribution in [2.75, 3.05) is 0 Å². The van der Waals surface area contributed by atoms with Gasteiger partial charge in [0.15, 0.2) is 0 Å². The first kappa shape index (κ1) is 20.9. The molecule has 4 rings (SSSR count). The maximum atomic E-state index is 12.9. The Bertz CT molecular complexity index is 1550. The van der Waals surface area contributed by atoms with E-state index in [-0.39, 0.29) is 44.0 Å². The van der Waals surface area contributed by atoms with Crippen molar-refractivity contribution < 1.29 is 19.2 Å². The molecule has 0 unspecified atom stereocenters. The summed E-state index contributed by atoms with van der Waals surface area (Å²) >= 11 is 5.85. The van der Waals surface area contributed by atoms with Crippen LogP contribution in [0, 0.1) is 10.1 Å². The summed E-state index contributed by atoms with van der Waals surface area (Å²) in [6.45, 7) is 3.81. The second-order valence-electron chi connectivity index (χ2n) is 6.72. The molecular formula is C22H13ClN3O6-. The average molecular weight is 451 g/mol. The lowest BCUT2D eigenvalue weighted by atomic mass is 10.1. The molecule has 0 spiro atoms. The molecule has 0 aliphatic rings. The van der Waals surface area contributed by atoms with Gasteiger partial charge in [-0.2, -0.15) is 0 Å². The van der Waals surface area contributed by atoms with E-state index in [4.69, 9.17) is 16.0 Å². The van der Waals surface area contributed by atoms with Gasteiger partial charge in [-0.1, -0.05) is 30.3 Å². The topological polar surface area (TPSA) is 134 Å². The predicted octanol–water partition coefficient (Wildman–Crippen LogP) is 1.59. The summed E-state index contributed by atoms with van der Waals surface area (Å²) in [7, 11) is 0. The number of H-pyrrole nitrogens is 1. The Hall–Kier alpha value is -4.37. The summed E-state index contributed by atoms with van der Waals surface area (Å²) in [5.74, 6) is -0.935. The molecular weight excluding hydrogens is 438 g/mol. The summed E-state index contributed by atoms with van der Waals surface area (Å²) < 4.78 is 6.82. The fraction of sp³-hybridized carbons (Fsp3) is 0. The third-order valence-corrected chi connectivity index (χ3v) is 5.04. The number of carbonyl (C=O) groups is 1. The second kappa shape index (κ2) is 8.05. The van der Waals surface area contributed by atoms with E-state index in [1.807, 2.05) is 0 Å². The third kappa shape index (κ3) is 3.72. The maximum Gasteiger partial charge on any atom is 0.280 e. The molecule has 0 saturated carbocycles. The Kier molecular flexibility index (Phi) is 5.25. The lowest BCUT2D eigenvalue weighted by Gasteiger charge is -2.08. The number of rotatable bonds is 5. The number of hydrogen-bond donors (Lipinski definition) is 1. The minimum atomic E-state index is -1.48. The lowest BCUT2D eigenvalue weighted by molar-refractivity contribution is -0.384. The fourth-order valence-electron chi connectivity index (χ4n) is 3.19. The standard InChI is InChI=1S/C22H14ClN3O6/c1-12-16(21(27)25(24-12)13-6-8-18(23)17(10-13)22(28)29)11-14-7-9-20(32-14)15-4-2-3-5-19(15)26(30)31/h2-11,24H,1H2,(H,28,29)/p-1. The normalized spacial score (nSPS) is 11.6. The van der Waals surface area contributed by atoms with Gasteiger partial charge in [0, 0.05) is 16.7 Å². The van der Waals surface area contributed by atoms with Crippen LogP contribution in [0.1, 0.15) is 16.1 Å². The number of carboxylic acids is 1. The van der Waals surface area contributed by atoms with E-state index in [9.17, 15) is 24.8 Å². The molecule has 4 aromatic rings. The molecule has 0 radical (unpaired) electrons. The zero-order valence-corrected chi connectivity index (χ0v) is 17.0. The van der Waals surface area contributed by atoms with Gasteiger partial charge in [-0.05, 0) is 42.5 Å². The van der Waals surface area contributed by atoms with Crippen molar-refractivity contribution in [2.24, 2.45) is 0 Å². The largest absolute Gasteiger partial charge is 0.545 e. The first-order valence-electron chi connectivity index (χ1n) is 9.13. The lowest BCUT2D eigenvalue weighted by Crippen LogP contribution is -2.34. The highest BCUT2D eigenvalue weighted by atomic mass is 35.5. The van der Waals surface area contributed by atoms with Crippen molar-refractivity contribution in [3.05, 3.63) is 102 Å². The van der Waals surface area contributed by atoms with Gasteiger partial charge in [-0.25, -0.2) is 4.68 Å². The van der Waals surface area contributed by atoms with Crippen LogP contribution in [-0.2, 0) is 0 Å². The summed E-state index contributed by atoms with van der Waals surface area (Å²) in [6.07, 6.45) is 1.44. The molecule has 0 atom stereocenters. The van der Waals surface area contributed by atoms with Crippen LogP contribution in [0.4, 0.5) is 5.69 Å². The van der Waals surface area contributed by atoms with E-state index in [1.54, 1.807) is 30.3 Å². The van der Waals surface area contributed by atoms with Crippen molar-refractivity contribution >= 4 is 35.9 Å². The molecule has 0 aliphatic heterocycles. The monoisotopic (exact) mass is 450 g/mol. The van der Waals surface area contributed by atoms with E-state index in [2.05, 4.69) is 11.7 Å². The smallest absolute Gasteiger partial charge is 0.280 e. The number of aromatic amines is 1. The highest BCUT2D eigenvalue weighted by molar-refractivity contribution is 6.33. The predicted molar refractivity (Wildman–Crippen MR) is 115 cm³/mol. The van der Waals surface area contributed by atoms with E-state index < -0.39 is 16.5 Å². The second-order valence-corrected chi connectivity index (χ2v) is 7.12.